The van der Waals surface area contributed by atoms with E-state index in [4.69, 9.17) is 0 Å². The molecule has 2 nitrogen and oxygen atoms in total. The first kappa shape index (κ1) is 10.1. The molecule has 0 N–H and O–H groups in total. The Morgan fingerprint density at radius 1 is 1.54 bits per heavy atom. The van der Waals surface area contributed by atoms with Crippen LogP contribution in [0.2, 0.25) is 0 Å². The number of nitrogens with zero attached hydrogens (tertiary/aromatic N) is 1. The molecule has 1 saturated heterocycles. The summed E-state index contributed by atoms with van der Waals surface area (Å²) in [6, 6.07) is 0. The highest BCUT2D eigenvalue weighted by Crippen LogP contribution is 2.23. The minimum absolute atomic E-state index is 0.00866. The molecule has 0 saturated carbocycles. The van der Waals surface area contributed by atoms with E-state index >= 15 is 0 Å². The van der Waals surface area contributed by atoms with Crippen LogP contribution in [0, 0.1) is 23.7 Å². The first-order valence-corrected chi connectivity index (χ1v) is 4.86. The van der Waals surface area contributed by atoms with E-state index < -0.39 is 0 Å². The van der Waals surface area contributed by atoms with Crippen LogP contribution in [-0.2, 0) is 4.79 Å². The van der Waals surface area contributed by atoms with Gasteiger partial charge in [-0.1, -0.05) is 19.8 Å². The van der Waals surface area contributed by atoms with Crippen molar-refractivity contribution in [3.63, 3.8) is 0 Å². The molecule has 1 amide bonds. The summed E-state index contributed by atoms with van der Waals surface area (Å²) >= 11 is 0. The largest absolute Gasteiger partial charge is 0.332 e. The summed E-state index contributed by atoms with van der Waals surface area (Å²) in [7, 11) is 0. The lowest BCUT2D eigenvalue weighted by atomic mass is 9.95. The van der Waals surface area contributed by atoms with Gasteiger partial charge >= 0.3 is 0 Å². The van der Waals surface area contributed by atoms with Crippen LogP contribution in [0.25, 0.3) is 0 Å². The van der Waals surface area contributed by atoms with Crippen LogP contribution in [-0.4, -0.2) is 23.9 Å². The molecule has 13 heavy (non-hydrogen) atoms. The van der Waals surface area contributed by atoms with Gasteiger partial charge in [0, 0.05) is 13.1 Å². The second-order valence-corrected chi connectivity index (χ2v) is 3.92. The molecular formula is C11H17NO. The molecule has 72 valence electrons. The molecule has 0 unspecified atom stereocenters. The fraction of sp³-hybridized carbons (Fsp3) is 0.727. The number of carbonyl (C=O) groups is 1. The van der Waals surface area contributed by atoms with Crippen molar-refractivity contribution in [1.29, 1.82) is 0 Å². The van der Waals surface area contributed by atoms with Crippen LogP contribution in [0.15, 0.2) is 0 Å². The summed E-state index contributed by atoms with van der Waals surface area (Å²) in [6.45, 7) is 7.91. The normalized spacial score (nSPS) is 21.5. The van der Waals surface area contributed by atoms with Gasteiger partial charge in [-0.2, -0.15) is 0 Å². The Balaban J connectivity index is 2.48. The number of carbonyl (C=O) groups excluding carboxylic acids is 1. The molecule has 1 aliphatic heterocycles. The highest BCUT2D eigenvalue weighted by molar-refractivity contribution is 5.93. The van der Waals surface area contributed by atoms with Crippen molar-refractivity contribution in [3.05, 3.63) is 0 Å². The van der Waals surface area contributed by atoms with Crippen LogP contribution in [0.1, 0.15) is 27.2 Å². The quantitative estimate of drug-likeness (QED) is 0.559. The minimum Gasteiger partial charge on any atom is -0.332 e. The third-order valence-corrected chi connectivity index (χ3v) is 2.69. The molecule has 1 fully saturated rings. The number of hydrogen-bond donors (Lipinski definition) is 0. The fourth-order valence-corrected chi connectivity index (χ4v) is 1.70. The van der Waals surface area contributed by atoms with E-state index in [9.17, 15) is 4.79 Å². The minimum atomic E-state index is -0.00866. The second kappa shape index (κ2) is 4.32. The molecule has 0 aromatic rings. The maximum atomic E-state index is 11.4. The van der Waals surface area contributed by atoms with Crippen molar-refractivity contribution in [2.24, 2.45) is 11.8 Å². The van der Waals surface area contributed by atoms with E-state index in [1.165, 1.54) is 0 Å². The van der Waals surface area contributed by atoms with Crippen LogP contribution < -0.4 is 0 Å². The maximum absolute atomic E-state index is 11.4. The van der Waals surface area contributed by atoms with E-state index in [0.29, 0.717) is 11.8 Å². The molecule has 1 atom stereocenters. The van der Waals surface area contributed by atoms with Crippen molar-refractivity contribution in [2.75, 3.05) is 13.1 Å². The second-order valence-electron chi connectivity index (χ2n) is 3.92. The summed E-state index contributed by atoms with van der Waals surface area (Å²) in [5, 5.41) is 0. The third kappa shape index (κ3) is 2.48. The maximum Gasteiger partial charge on any atom is 0.298 e. The van der Waals surface area contributed by atoms with Crippen LogP contribution in [0.4, 0.5) is 0 Å². The fourth-order valence-electron chi connectivity index (χ4n) is 1.70. The zero-order valence-electron chi connectivity index (χ0n) is 8.63. The van der Waals surface area contributed by atoms with Gasteiger partial charge in [0.25, 0.3) is 5.91 Å². The van der Waals surface area contributed by atoms with Gasteiger partial charge in [-0.25, -0.2) is 0 Å². The monoisotopic (exact) mass is 179 g/mol. The van der Waals surface area contributed by atoms with Crippen molar-refractivity contribution < 1.29 is 4.79 Å². The van der Waals surface area contributed by atoms with Gasteiger partial charge < -0.3 is 4.90 Å². The van der Waals surface area contributed by atoms with Crippen molar-refractivity contribution in [3.8, 4) is 11.8 Å². The predicted octanol–water partition coefficient (Wildman–Crippen LogP) is 1.51. The third-order valence-electron chi connectivity index (χ3n) is 2.69. The number of amides is 1. The van der Waals surface area contributed by atoms with Gasteiger partial charge in [0.05, 0.1) is 0 Å². The molecule has 0 spiro atoms. The Kier molecular flexibility index (Phi) is 3.36. The highest BCUT2D eigenvalue weighted by atomic mass is 16.2. The lowest BCUT2D eigenvalue weighted by Gasteiger charge is -2.15. The number of hydrogen-bond acceptors (Lipinski definition) is 1. The van der Waals surface area contributed by atoms with E-state index in [1.807, 2.05) is 4.90 Å². The summed E-state index contributed by atoms with van der Waals surface area (Å²) in [5.41, 5.74) is 0. The van der Waals surface area contributed by atoms with E-state index in [0.717, 1.165) is 19.5 Å². The Morgan fingerprint density at radius 2 is 2.23 bits per heavy atom. The SMILES string of the molecule is CC#CC(=O)N1CC[C@@H](C(C)C)C1. The molecule has 1 rings (SSSR count). The van der Waals surface area contributed by atoms with Gasteiger partial charge in [-0.3, -0.25) is 4.79 Å². The Morgan fingerprint density at radius 3 is 2.69 bits per heavy atom. The molecule has 0 bridgehead atoms. The summed E-state index contributed by atoms with van der Waals surface area (Å²) in [6.07, 6.45) is 1.13. The molecule has 0 aliphatic carbocycles. The number of rotatable bonds is 1. The van der Waals surface area contributed by atoms with Crippen molar-refractivity contribution >= 4 is 5.91 Å². The zero-order valence-corrected chi connectivity index (χ0v) is 8.63. The van der Waals surface area contributed by atoms with Crippen molar-refractivity contribution in [1.82, 2.24) is 4.90 Å². The summed E-state index contributed by atoms with van der Waals surface area (Å²) in [5.74, 6) is 6.57. The molecule has 1 heterocycles. The Hall–Kier alpha value is -0.970. The topological polar surface area (TPSA) is 20.3 Å². The molecule has 1 aliphatic rings. The van der Waals surface area contributed by atoms with Gasteiger partial charge in [-0.15, -0.1) is 0 Å². The first-order chi connectivity index (χ1) is 6.15. The van der Waals surface area contributed by atoms with E-state index in [-0.39, 0.29) is 5.91 Å². The molecular weight excluding hydrogens is 162 g/mol. The molecule has 0 aromatic heterocycles. The summed E-state index contributed by atoms with van der Waals surface area (Å²) < 4.78 is 0. The average Bonchev–Trinajstić information content (AvgIpc) is 2.52. The van der Waals surface area contributed by atoms with Crippen LogP contribution in [0.3, 0.4) is 0 Å². The lowest BCUT2D eigenvalue weighted by molar-refractivity contribution is -0.124. The Bertz CT molecular complexity index is 247. The summed E-state index contributed by atoms with van der Waals surface area (Å²) in [4.78, 5) is 13.2. The van der Waals surface area contributed by atoms with Gasteiger partial charge in [0.1, 0.15) is 0 Å². The van der Waals surface area contributed by atoms with E-state index in [1.54, 1.807) is 6.92 Å². The number of likely N-dealkylation sites (tertiary alicyclic amines) is 1. The Labute approximate surface area is 80.3 Å². The predicted molar refractivity (Wildman–Crippen MR) is 53.0 cm³/mol. The van der Waals surface area contributed by atoms with Crippen LogP contribution >= 0.6 is 0 Å². The van der Waals surface area contributed by atoms with Gasteiger partial charge in [-0.05, 0) is 31.1 Å². The average molecular weight is 179 g/mol. The van der Waals surface area contributed by atoms with Gasteiger partial charge in [0.2, 0.25) is 0 Å². The smallest absolute Gasteiger partial charge is 0.298 e. The molecule has 0 radical (unpaired) electrons. The van der Waals surface area contributed by atoms with Crippen molar-refractivity contribution in [2.45, 2.75) is 27.2 Å². The molecule has 2 heteroatoms. The zero-order chi connectivity index (χ0) is 9.84. The lowest BCUT2D eigenvalue weighted by Crippen LogP contribution is -2.27. The van der Waals surface area contributed by atoms with Gasteiger partial charge in [0.15, 0.2) is 0 Å². The van der Waals surface area contributed by atoms with E-state index in [2.05, 4.69) is 25.7 Å². The standard InChI is InChI=1S/C11H17NO/c1-4-5-11(13)12-7-6-10(8-12)9(2)3/h9-10H,6-8H2,1-3H3/t10-/m1/s1. The first-order valence-electron chi connectivity index (χ1n) is 4.86. The molecule has 0 aromatic carbocycles. The highest BCUT2D eigenvalue weighted by Gasteiger charge is 2.26. The van der Waals surface area contributed by atoms with Crippen LogP contribution in [0.5, 0.6) is 0 Å².